The molecular weight excluding hydrogens is 379 g/mol. The van der Waals surface area contributed by atoms with Gasteiger partial charge in [-0.3, -0.25) is 0 Å². The highest BCUT2D eigenvalue weighted by Gasteiger charge is 2.16. The van der Waals surface area contributed by atoms with Gasteiger partial charge < -0.3 is 11.1 Å². The number of nitrogens with zero attached hydrogens (tertiary/aromatic N) is 4. The Morgan fingerprint density at radius 1 is 1.14 bits per heavy atom. The third-order valence-electron chi connectivity index (χ3n) is 4.20. The van der Waals surface area contributed by atoms with Crippen LogP contribution in [0.5, 0.6) is 0 Å². The van der Waals surface area contributed by atoms with Crippen molar-refractivity contribution in [2.45, 2.75) is 12.8 Å². The van der Waals surface area contributed by atoms with E-state index in [-0.39, 0.29) is 11.6 Å². The number of hydrogen-bond acceptors (Lipinski definition) is 5. The number of anilines is 2. The molecule has 3 rings (SSSR count). The molecule has 0 fully saturated rings. The molecule has 0 aliphatic heterocycles. The molecule has 0 bridgehead atoms. The maximum atomic E-state index is 13.1. The van der Waals surface area contributed by atoms with Crippen LogP contribution in [0.15, 0.2) is 42.5 Å². The molecule has 2 aromatic carbocycles. The summed E-state index contributed by atoms with van der Waals surface area (Å²) in [4.78, 5) is 0. The summed E-state index contributed by atoms with van der Waals surface area (Å²) in [6, 6.07) is 15.0. The van der Waals surface area contributed by atoms with Crippen molar-refractivity contribution in [2.75, 3.05) is 17.6 Å². The number of hydrogen-bond donors (Lipinski definition) is 2. The molecule has 1 aromatic heterocycles. The van der Waals surface area contributed by atoms with E-state index in [0.717, 1.165) is 0 Å². The van der Waals surface area contributed by atoms with Gasteiger partial charge in [0.05, 0.1) is 27.7 Å². The highest BCUT2D eigenvalue weighted by molar-refractivity contribution is 6.33. The first-order valence-electron chi connectivity index (χ1n) is 8.51. The predicted molar refractivity (Wildman–Crippen MR) is 106 cm³/mol. The topological polar surface area (TPSA) is 103 Å². The van der Waals surface area contributed by atoms with Crippen LogP contribution in [0, 0.1) is 28.5 Å². The number of rotatable bonds is 6. The van der Waals surface area contributed by atoms with Crippen molar-refractivity contribution in [1.29, 1.82) is 10.5 Å². The number of nitrogens with one attached hydrogen (secondary N) is 1. The second-order valence-electron chi connectivity index (χ2n) is 6.01. The van der Waals surface area contributed by atoms with E-state index in [1.807, 2.05) is 0 Å². The number of nitrogen functional groups attached to an aromatic ring is 1. The minimum atomic E-state index is -0.363. The molecule has 1 heterocycles. The SMILES string of the molecule is N#Cc1cccc(Cl)c1NCCCc1nn(-c2ccc(F)cc2)c(N)c1C#N. The minimum absolute atomic E-state index is 0.218. The fourth-order valence-corrected chi connectivity index (χ4v) is 3.06. The van der Waals surface area contributed by atoms with Crippen LogP contribution >= 0.6 is 11.6 Å². The van der Waals surface area contributed by atoms with E-state index >= 15 is 0 Å². The normalized spacial score (nSPS) is 10.3. The van der Waals surface area contributed by atoms with E-state index in [2.05, 4.69) is 22.6 Å². The largest absolute Gasteiger partial charge is 0.383 e. The quantitative estimate of drug-likeness (QED) is 0.614. The fourth-order valence-electron chi connectivity index (χ4n) is 2.82. The first kappa shape index (κ1) is 19.2. The first-order valence-corrected chi connectivity index (χ1v) is 8.89. The van der Waals surface area contributed by atoms with Crippen LogP contribution in [0.4, 0.5) is 15.9 Å². The fraction of sp³-hybridized carbons (Fsp3) is 0.150. The number of benzene rings is 2. The first-order chi connectivity index (χ1) is 13.5. The van der Waals surface area contributed by atoms with Gasteiger partial charge in [-0.1, -0.05) is 17.7 Å². The van der Waals surface area contributed by atoms with Crippen LogP contribution in [0.25, 0.3) is 5.69 Å². The molecule has 8 heteroatoms. The Hall–Kier alpha value is -3.55. The van der Waals surface area contributed by atoms with Crippen LogP contribution in [0.2, 0.25) is 5.02 Å². The zero-order valence-corrected chi connectivity index (χ0v) is 15.5. The molecule has 0 radical (unpaired) electrons. The van der Waals surface area contributed by atoms with Crippen molar-refractivity contribution in [3.05, 3.63) is 70.1 Å². The molecular formula is C20H16ClFN6. The van der Waals surface area contributed by atoms with E-state index < -0.39 is 0 Å². The number of nitrogens with two attached hydrogens (primary N) is 1. The lowest BCUT2D eigenvalue weighted by molar-refractivity contribution is 0.627. The molecule has 0 saturated heterocycles. The Morgan fingerprint density at radius 3 is 2.57 bits per heavy atom. The van der Waals surface area contributed by atoms with Gasteiger partial charge in [0, 0.05) is 6.54 Å². The van der Waals surface area contributed by atoms with Crippen LogP contribution in [-0.4, -0.2) is 16.3 Å². The highest BCUT2D eigenvalue weighted by atomic mass is 35.5. The molecule has 0 amide bonds. The van der Waals surface area contributed by atoms with Gasteiger partial charge in [-0.05, 0) is 49.2 Å². The van der Waals surface area contributed by atoms with Gasteiger partial charge in [0.1, 0.15) is 29.3 Å². The van der Waals surface area contributed by atoms with Crippen LogP contribution in [0.1, 0.15) is 23.2 Å². The highest BCUT2D eigenvalue weighted by Crippen LogP contribution is 2.26. The van der Waals surface area contributed by atoms with Crippen molar-refractivity contribution in [1.82, 2.24) is 9.78 Å². The van der Waals surface area contributed by atoms with E-state index in [0.29, 0.717) is 52.6 Å². The summed E-state index contributed by atoms with van der Waals surface area (Å²) in [7, 11) is 0. The predicted octanol–water partition coefficient (Wildman–Crippen LogP) is 4.04. The average Bonchev–Trinajstić information content (AvgIpc) is 3.02. The molecule has 3 N–H and O–H groups in total. The van der Waals surface area contributed by atoms with Crippen molar-refractivity contribution < 1.29 is 4.39 Å². The zero-order chi connectivity index (χ0) is 20.1. The van der Waals surface area contributed by atoms with E-state index in [1.165, 1.54) is 16.8 Å². The third kappa shape index (κ3) is 3.90. The standard InChI is InChI=1S/C20H16ClFN6/c21-17-4-1-3-13(11-23)19(17)26-10-2-5-18-16(12-24)20(25)28(27-18)15-8-6-14(22)7-9-15/h1,3-4,6-9,26H,2,5,10,25H2. The number of para-hydroxylation sites is 1. The van der Waals surface area contributed by atoms with Crippen LogP contribution in [-0.2, 0) is 6.42 Å². The summed E-state index contributed by atoms with van der Waals surface area (Å²) in [5.74, 6) is -0.146. The summed E-state index contributed by atoms with van der Waals surface area (Å²) < 4.78 is 14.6. The van der Waals surface area contributed by atoms with Gasteiger partial charge in [-0.2, -0.15) is 15.6 Å². The van der Waals surface area contributed by atoms with Gasteiger partial charge in [-0.25, -0.2) is 9.07 Å². The lowest BCUT2D eigenvalue weighted by Crippen LogP contribution is -2.06. The van der Waals surface area contributed by atoms with Gasteiger partial charge >= 0.3 is 0 Å². The Kier molecular flexibility index (Phi) is 5.78. The van der Waals surface area contributed by atoms with Crippen molar-refractivity contribution in [2.24, 2.45) is 0 Å². The van der Waals surface area contributed by atoms with Gasteiger partial charge in [0.15, 0.2) is 0 Å². The molecule has 0 spiro atoms. The summed E-state index contributed by atoms with van der Waals surface area (Å²) in [5.41, 5.74) is 8.55. The second-order valence-corrected chi connectivity index (χ2v) is 6.42. The van der Waals surface area contributed by atoms with Gasteiger partial charge in [0.25, 0.3) is 0 Å². The van der Waals surface area contributed by atoms with Gasteiger partial charge in [0.2, 0.25) is 0 Å². The molecule has 0 saturated carbocycles. The minimum Gasteiger partial charge on any atom is -0.383 e. The second kappa shape index (κ2) is 8.43. The lowest BCUT2D eigenvalue weighted by Gasteiger charge is -2.09. The monoisotopic (exact) mass is 394 g/mol. The molecule has 0 unspecified atom stereocenters. The summed E-state index contributed by atoms with van der Waals surface area (Å²) >= 11 is 6.14. The lowest BCUT2D eigenvalue weighted by atomic mass is 10.1. The summed E-state index contributed by atoms with van der Waals surface area (Å²) in [5, 5.41) is 26.6. The maximum Gasteiger partial charge on any atom is 0.145 e. The van der Waals surface area contributed by atoms with Crippen molar-refractivity contribution in [3.63, 3.8) is 0 Å². The Labute approximate surface area is 166 Å². The van der Waals surface area contributed by atoms with Crippen LogP contribution < -0.4 is 11.1 Å². The number of nitriles is 2. The molecule has 140 valence electrons. The zero-order valence-electron chi connectivity index (χ0n) is 14.8. The third-order valence-corrected chi connectivity index (χ3v) is 4.52. The smallest absolute Gasteiger partial charge is 0.145 e. The summed E-state index contributed by atoms with van der Waals surface area (Å²) in [6.07, 6.45) is 1.14. The van der Waals surface area contributed by atoms with Crippen molar-refractivity contribution in [3.8, 4) is 17.8 Å². The van der Waals surface area contributed by atoms with E-state index in [4.69, 9.17) is 22.6 Å². The van der Waals surface area contributed by atoms with E-state index in [1.54, 1.807) is 30.3 Å². The molecule has 0 atom stereocenters. The van der Waals surface area contributed by atoms with Crippen LogP contribution in [0.3, 0.4) is 0 Å². The molecule has 0 aliphatic rings. The average molecular weight is 395 g/mol. The molecule has 28 heavy (non-hydrogen) atoms. The Bertz CT molecular complexity index is 1080. The molecule has 0 aliphatic carbocycles. The maximum absolute atomic E-state index is 13.1. The van der Waals surface area contributed by atoms with E-state index in [9.17, 15) is 9.65 Å². The van der Waals surface area contributed by atoms with Crippen molar-refractivity contribution >= 4 is 23.1 Å². The molecule has 6 nitrogen and oxygen atoms in total. The number of halogens is 2. The van der Waals surface area contributed by atoms with Gasteiger partial charge in [-0.15, -0.1) is 0 Å². The summed E-state index contributed by atoms with van der Waals surface area (Å²) in [6.45, 7) is 0.534. The Morgan fingerprint density at radius 2 is 1.89 bits per heavy atom. The Balaban J connectivity index is 1.72. The molecule has 3 aromatic rings. The number of aryl methyl sites for hydroxylation is 1. The number of aromatic nitrogens is 2.